The number of carboxylic acids is 2. The molecule has 0 fully saturated rings. The van der Waals surface area contributed by atoms with Gasteiger partial charge in [0.05, 0.1) is 50.8 Å². The van der Waals surface area contributed by atoms with E-state index >= 15 is 0 Å². The maximum atomic E-state index is 10.4. The average Bonchev–Trinajstić information content (AvgIpc) is 2.56. The molecule has 6 N–H and O–H groups in total. The van der Waals surface area contributed by atoms with E-state index in [1.165, 1.54) is 18.2 Å². The smallest absolute Gasteiger partial charge is 0.335 e. The van der Waals surface area contributed by atoms with Gasteiger partial charge in [0.1, 0.15) is 0 Å². The number of ether oxygens (including phenoxy) is 1. The SMILES string of the molecule is O=C(O)c1cccc(C(=O)O)c1.OCCO.OCCOCCO. The highest BCUT2D eigenvalue weighted by Crippen LogP contribution is 2.04. The third-order valence-corrected chi connectivity index (χ3v) is 1.93. The molecule has 0 heterocycles. The lowest BCUT2D eigenvalue weighted by atomic mass is 10.1. The van der Waals surface area contributed by atoms with Crippen LogP contribution in [0.2, 0.25) is 0 Å². The van der Waals surface area contributed by atoms with Crippen molar-refractivity contribution in [3.63, 3.8) is 0 Å². The van der Waals surface area contributed by atoms with E-state index in [1.807, 2.05) is 0 Å². The predicted molar refractivity (Wildman–Crippen MR) is 79.5 cm³/mol. The van der Waals surface area contributed by atoms with Gasteiger partial charge in [-0.05, 0) is 18.2 Å². The molecule has 9 heteroatoms. The summed E-state index contributed by atoms with van der Waals surface area (Å²) in [6, 6.07) is 5.20. The maximum Gasteiger partial charge on any atom is 0.335 e. The highest BCUT2D eigenvalue weighted by atomic mass is 16.5. The van der Waals surface area contributed by atoms with E-state index in [0.29, 0.717) is 13.2 Å². The van der Waals surface area contributed by atoms with Gasteiger partial charge in [-0.25, -0.2) is 9.59 Å². The standard InChI is InChI=1S/C8H6O4.C4H10O3.C2H6O2/c9-7(10)5-2-1-3-6(4-5)8(11)12;5-1-3-7-4-2-6;3-1-2-4/h1-4H,(H,9,10)(H,11,12);5-6H,1-4H2;3-4H,1-2H2. The van der Waals surface area contributed by atoms with Crippen molar-refractivity contribution in [1.82, 2.24) is 0 Å². The first kappa shape index (κ1) is 23.2. The van der Waals surface area contributed by atoms with Gasteiger partial charge in [0.15, 0.2) is 0 Å². The lowest BCUT2D eigenvalue weighted by Crippen LogP contribution is -2.03. The van der Waals surface area contributed by atoms with Crippen LogP contribution in [0.15, 0.2) is 24.3 Å². The Morgan fingerprint density at radius 3 is 1.43 bits per heavy atom. The van der Waals surface area contributed by atoms with Gasteiger partial charge in [-0.3, -0.25) is 0 Å². The van der Waals surface area contributed by atoms with Gasteiger partial charge in [0.25, 0.3) is 0 Å². The summed E-state index contributed by atoms with van der Waals surface area (Å²) in [6.45, 7) is 0.446. The van der Waals surface area contributed by atoms with E-state index in [0.717, 1.165) is 6.07 Å². The highest BCUT2D eigenvalue weighted by Gasteiger charge is 2.06. The van der Waals surface area contributed by atoms with Crippen LogP contribution in [-0.2, 0) is 4.74 Å². The fraction of sp³-hybridized carbons (Fsp3) is 0.429. The second-order valence-electron chi connectivity index (χ2n) is 3.70. The number of hydrogen-bond acceptors (Lipinski definition) is 7. The summed E-state index contributed by atoms with van der Waals surface area (Å²) < 4.78 is 4.63. The zero-order chi connectivity index (χ0) is 18.1. The molecule has 0 aliphatic rings. The minimum absolute atomic E-state index is 0.0186. The van der Waals surface area contributed by atoms with Crippen molar-refractivity contribution in [3.05, 3.63) is 35.4 Å². The van der Waals surface area contributed by atoms with Gasteiger partial charge >= 0.3 is 11.9 Å². The quantitative estimate of drug-likeness (QED) is 0.344. The molecule has 1 aromatic carbocycles. The molecule has 0 amide bonds. The molecule has 23 heavy (non-hydrogen) atoms. The number of aromatic carboxylic acids is 2. The molecule has 9 nitrogen and oxygen atoms in total. The fourth-order valence-electron chi connectivity index (χ4n) is 1.02. The van der Waals surface area contributed by atoms with Gasteiger partial charge in [0.2, 0.25) is 0 Å². The topological polar surface area (TPSA) is 165 Å². The van der Waals surface area contributed by atoms with E-state index in [1.54, 1.807) is 0 Å². The van der Waals surface area contributed by atoms with Crippen molar-refractivity contribution >= 4 is 11.9 Å². The molecule has 0 saturated heterocycles. The number of carboxylic acid groups (broad SMARTS) is 2. The number of hydrogen-bond donors (Lipinski definition) is 6. The summed E-state index contributed by atoms with van der Waals surface area (Å²) in [5, 5.41) is 48.4. The second kappa shape index (κ2) is 16.3. The van der Waals surface area contributed by atoms with Crippen LogP contribution in [0, 0.1) is 0 Å². The van der Waals surface area contributed by atoms with Gasteiger partial charge in [-0.15, -0.1) is 0 Å². The third-order valence-electron chi connectivity index (χ3n) is 1.93. The summed E-state index contributed by atoms with van der Waals surface area (Å²) >= 11 is 0. The number of carbonyl (C=O) groups is 2. The van der Waals surface area contributed by atoms with E-state index in [4.69, 9.17) is 30.6 Å². The van der Waals surface area contributed by atoms with Crippen LogP contribution in [0.1, 0.15) is 20.7 Å². The predicted octanol–water partition coefficient (Wildman–Crippen LogP) is -0.958. The molecule has 0 radical (unpaired) electrons. The van der Waals surface area contributed by atoms with Crippen LogP contribution in [0.3, 0.4) is 0 Å². The van der Waals surface area contributed by atoms with Crippen molar-refractivity contribution in [1.29, 1.82) is 0 Å². The number of benzene rings is 1. The Bertz CT molecular complexity index is 399. The summed E-state index contributed by atoms with van der Waals surface area (Å²) in [4.78, 5) is 20.8. The summed E-state index contributed by atoms with van der Waals surface area (Å²) in [5.41, 5.74) is -0.0372. The van der Waals surface area contributed by atoms with E-state index in [9.17, 15) is 9.59 Å². The van der Waals surface area contributed by atoms with Crippen molar-refractivity contribution in [2.75, 3.05) is 39.6 Å². The molecule has 132 valence electrons. The van der Waals surface area contributed by atoms with Crippen molar-refractivity contribution < 1.29 is 45.0 Å². The molecule has 0 unspecified atom stereocenters. The van der Waals surface area contributed by atoms with Crippen LogP contribution in [0.4, 0.5) is 0 Å². The molecular weight excluding hydrogens is 312 g/mol. The van der Waals surface area contributed by atoms with Gasteiger partial charge in [0, 0.05) is 0 Å². The second-order valence-corrected chi connectivity index (χ2v) is 3.70. The Hall–Kier alpha value is -2.04. The molecule has 0 saturated carbocycles. The van der Waals surface area contributed by atoms with Crippen molar-refractivity contribution in [3.8, 4) is 0 Å². The number of aliphatic hydroxyl groups is 4. The molecule has 0 aliphatic heterocycles. The minimum Gasteiger partial charge on any atom is -0.478 e. The Balaban J connectivity index is 0. The van der Waals surface area contributed by atoms with Crippen LogP contribution >= 0.6 is 0 Å². The maximum absolute atomic E-state index is 10.4. The molecule has 0 aliphatic carbocycles. The van der Waals surface area contributed by atoms with E-state index < -0.39 is 11.9 Å². The lowest BCUT2D eigenvalue weighted by Gasteiger charge is -1.95. The summed E-state index contributed by atoms with van der Waals surface area (Å²) in [5.74, 6) is -2.25. The van der Waals surface area contributed by atoms with Crippen LogP contribution in [-0.4, -0.2) is 82.2 Å². The molecular formula is C14H22O9. The first-order valence-electron chi connectivity index (χ1n) is 6.52. The fourth-order valence-corrected chi connectivity index (χ4v) is 1.02. The third kappa shape index (κ3) is 14.7. The Labute approximate surface area is 133 Å². The largest absolute Gasteiger partial charge is 0.478 e. The zero-order valence-electron chi connectivity index (χ0n) is 12.5. The monoisotopic (exact) mass is 334 g/mol. The average molecular weight is 334 g/mol. The van der Waals surface area contributed by atoms with E-state index in [-0.39, 0.29) is 37.6 Å². The normalized spacial score (nSPS) is 9.04. The first-order chi connectivity index (χ1) is 10.9. The Morgan fingerprint density at radius 2 is 1.17 bits per heavy atom. The molecule has 0 atom stereocenters. The van der Waals surface area contributed by atoms with Crippen molar-refractivity contribution in [2.45, 2.75) is 0 Å². The van der Waals surface area contributed by atoms with E-state index in [2.05, 4.69) is 4.74 Å². The molecule has 0 aromatic heterocycles. The van der Waals surface area contributed by atoms with Crippen LogP contribution in [0.5, 0.6) is 0 Å². The molecule has 0 bridgehead atoms. The Kier molecular flexibility index (Phi) is 16.5. The lowest BCUT2D eigenvalue weighted by molar-refractivity contribution is 0.0650. The van der Waals surface area contributed by atoms with Crippen molar-refractivity contribution in [2.24, 2.45) is 0 Å². The number of rotatable bonds is 7. The van der Waals surface area contributed by atoms with Gasteiger partial charge in [-0.2, -0.15) is 0 Å². The van der Waals surface area contributed by atoms with Gasteiger partial charge in [-0.1, -0.05) is 6.07 Å². The van der Waals surface area contributed by atoms with Crippen LogP contribution in [0.25, 0.3) is 0 Å². The zero-order valence-corrected chi connectivity index (χ0v) is 12.5. The Morgan fingerprint density at radius 1 is 0.783 bits per heavy atom. The number of aliphatic hydroxyl groups excluding tert-OH is 4. The summed E-state index contributed by atoms with van der Waals surface area (Å²) in [6.07, 6.45) is 0. The molecule has 1 rings (SSSR count). The minimum atomic E-state index is -1.13. The van der Waals surface area contributed by atoms with Crippen LogP contribution < -0.4 is 0 Å². The molecule has 0 spiro atoms. The molecule has 1 aromatic rings. The van der Waals surface area contributed by atoms with Gasteiger partial charge < -0.3 is 35.4 Å². The summed E-state index contributed by atoms with van der Waals surface area (Å²) in [7, 11) is 0. The first-order valence-corrected chi connectivity index (χ1v) is 6.52. The highest BCUT2D eigenvalue weighted by molar-refractivity contribution is 5.93.